The second-order valence-electron chi connectivity index (χ2n) is 15.7. The van der Waals surface area contributed by atoms with E-state index in [1.165, 1.54) is 0 Å². The van der Waals surface area contributed by atoms with Gasteiger partial charge < -0.3 is 18.6 Å². The monoisotopic (exact) mass is 776 g/mol. The van der Waals surface area contributed by atoms with Gasteiger partial charge in [-0.1, -0.05) is 109 Å². The van der Waals surface area contributed by atoms with Gasteiger partial charge in [0, 0.05) is 77.2 Å². The van der Waals surface area contributed by atoms with Crippen molar-refractivity contribution in [3.8, 4) is 0 Å². The Balaban J connectivity index is 1.08. The van der Waals surface area contributed by atoms with Crippen molar-refractivity contribution in [1.82, 2.24) is 8.80 Å². The lowest BCUT2D eigenvalue weighted by Crippen LogP contribution is -2.10. The van der Waals surface area contributed by atoms with Gasteiger partial charge in [0.25, 0.3) is 0 Å². The topological polar surface area (TPSA) is 15.3 Å². The molecule has 13 aromatic rings. The number of rotatable bonds is 6. The van der Waals surface area contributed by atoms with E-state index in [1.807, 2.05) is 74.5 Å². The summed E-state index contributed by atoms with van der Waals surface area (Å²) in [5, 5.41) is 8.34. The molecule has 0 aliphatic rings. The van der Waals surface area contributed by atoms with E-state index in [-0.39, 0.29) is 35.5 Å². The molecule has 4 nitrogen and oxygen atoms in total. The number of fused-ring (bicyclic) bond motifs is 12. The lowest BCUT2D eigenvalue weighted by molar-refractivity contribution is 1.27. The van der Waals surface area contributed by atoms with Crippen LogP contribution in [-0.2, 0) is 0 Å². The summed E-state index contributed by atoms with van der Waals surface area (Å²) in [6.45, 7) is 3.93. The molecule has 0 saturated heterocycles. The summed E-state index contributed by atoms with van der Waals surface area (Å²) >= 11 is 0. The first-order valence-electron chi connectivity index (χ1n) is 24.9. The summed E-state index contributed by atoms with van der Waals surface area (Å²) in [5.41, 5.74) is 10.5. The lowest BCUT2D eigenvalue weighted by atomic mass is 10.0. The molecule has 0 aliphatic carbocycles. The van der Waals surface area contributed by atoms with Gasteiger partial charge in [0.05, 0.1) is 46.8 Å². The van der Waals surface area contributed by atoms with Crippen LogP contribution in [0.1, 0.15) is 24.8 Å². The van der Waals surface area contributed by atoms with Crippen LogP contribution in [0.25, 0.3) is 76.2 Å². The maximum absolute atomic E-state index is 9.06. The van der Waals surface area contributed by atoms with Crippen LogP contribution in [0, 0.1) is 13.8 Å². The average Bonchev–Trinajstić information content (AvgIpc) is 4.09. The largest absolute Gasteiger partial charge is 0.310 e. The van der Waals surface area contributed by atoms with Crippen molar-refractivity contribution in [2.24, 2.45) is 0 Å². The zero-order chi connectivity index (χ0) is 48.3. The Morgan fingerprint density at radius 2 is 0.700 bits per heavy atom. The van der Waals surface area contributed by atoms with Crippen LogP contribution in [-0.4, -0.2) is 8.80 Å². The van der Waals surface area contributed by atoms with Gasteiger partial charge in [-0.05, 0) is 110 Å². The minimum atomic E-state index is -0.450. The molecule has 60 heavy (non-hydrogen) atoms. The molecule has 0 atom stereocenters. The Hall–Kier alpha value is -7.82. The standard InChI is InChI=1S/C56H38N4/c1-35-13-9-19-39(29-35)57(37-15-5-3-6-16-37)41-25-27-43-45-21-11-23-47-49-34-54-50(33-53(49)59(55(45)47)51(43)31-41)48-24-12-22-46-44-28-26-42(32-52(44)60(54)56(46)48)58(38-17-7-4-8-18-38)40-20-10-14-36(2)30-40/h3-34H,1-2H3/i3D,4D,5D,6D,7D,8D,15D,16D,17D,18D. The fourth-order valence-corrected chi connectivity index (χ4v) is 9.76. The number of hydrogen-bond donors (Lipinski definition) is 0. The van der Waals surface area contributed by atoms with Crippen molar-refractivity contribution in [2.45, 2.75) is 13.8 Å². The van der Waals surface area contributed by atoms with Crippen LogP contribution in [0.2, 0.25) is 0 Å². The van der Waals surface area contributed by atoms with E-state index in [1.54, 1.807) is 9.80 Å². The first-order valence-corrected chi connectivity index (χ1v) is 19.9. The molecule has 13 rings (SSSR count). The summed E-state index contributed by atoms with van der Waals surface area (Å²) in [6.07, 6.45) is 0. The molecule has 4 aromatic heterocycles. The van der Waals surface area contributed by atoms with Gasteiger partial charge in [-0.3, -0.25) is 0 Å². The van der Waals surface area contributed by atoms with E-state index in [9.17, 15) is 0 Å². The Bertz CT molecular complexity index is 4080. The molecule has 0 spiro atoms. The second kappa shape index (κ2) is 12.3. The third kappa shape index (κ3) is 4.61. The fraction of sp³-hybridized carbons (Fsp3) is 0.0357. The number of anilines is 6. The average molecular weight is 777 g/mol. The third-order valence-electron chi connectivity index (χ3n) is 12.2. The normalized spacial score (nSPS) is 14.5. The predicted molar refractivity (Wildman–Crippen MR) is 255 cm³/mol. The zero-order valence-electron chi connectivity index (χ0n) is 42.5. The van der Waals surface area contributed by atoms with Crippen molar-refractivity contribution in [3.63, 3.8) is 0 Å². The zero-order valence-corrected chi connectivity index (χ0v) is 32.5. The van der Waals surface area contributed by atoms with E-state index >= 15 is 0 Å². The molecule has 0 unspecified atom stereocenters. The van der Waals surface area contributed by atoms with Crippen molar-refractivity contribution in [3.05, 3.63) is 205 Å². The van der Waals surface area contributed by atoms with Gasteiger partial charge in [0.15, 0.2) is 0 Å². The number of para-hydroxylation sites is 4. The van der Waals surface area contributed by atoms with Crippen LogP contribution >= 0.6 is 0 Å². The molecule has 0 amide bonds. The summed E-state index contributed by atoms with van der Waals surface area (Å²) in [6, 6.07) is 41.1. The number of nitrogens with zero attached hydrogens (tertiary/aromatic N) is 4. The van der Waals surface area contributed by atoms with E-state index in [4.69, 9.17) is 13.7 Å². The van der Waals surface area contributed by atoms with Gasteiger partial charge in [-0.25, -0.2) is 0 Å². The van der Waals surface area contributed by atoms with Crippen molar-refractivity contribution >= 4 is 110 Å². The van der Waals surface area contributed by atoms with Gasteiger partial charge in [-0.2, -0.15) is 0 Å². The first-order chi connectivity index (χ1) is 33.7. The highest BCUT2D eigenvalue weighted by Gasteiger charge is 2.24. The van der Waals surface area contributed by atoms with E-state index in [0.29, 0.717) is 22.7 Å². The second-order valence-corrected chi connectivity index (χ2v) is 15.7. The van der Waals surface area contributed by atoms with Crippen LogP contribution in [0.15, 0.2) is 194 Å². The van der Waals surface area contributed by atoms with Crippen molar-refractivity contribution in [2.75, 3.05) is 9.80 Å². The summed E-state index contributed by atoms with van der Waals surface area (Å²) in [5.74, 6) is 0. The van der Waals surface area contributed by atoms with Crippen LogP contribution in [0.5, 0.6) is 0 Å². The van der Waals surface area contributed by atoms with Gasteiger partial charge in [-0.15, -0.1) is 0 Å². The Morgan fingerprint density at radius 1 is 0.333 bits per heavy atom. The van der Waals surface area contributed by atoms with E-state index < -0.39 is 36.3 Å². The van der Waals surface area contributed by atoms with Gasteiger partial charge in [0.1, 0.15) is 0 Å². The molecule has 0 radical (unpaired) electrons. The number of aryl methyl sites for hydroxylation is 2. The third-order valence-corrected chi connectivity index (χ3v) is 12.2. The molecule has 0 aliphatic heterocycles. The van der Waals surface area contributed by atoms with Crippen LogP contribution in [0.3, 0.4) is 0 Å². The van der Waals surface area contributed by atoms with Crippen LogP contribution < -0.4 is 9.80 Å². The Labute approximate surface area is 360 Å². The molecule has 282 valence electrons. The van der Waals surface area contributed by atoms with Crippen molar-refractivity contribution in [1.29, 1.82) is 0 Å². The Kier molecular flexibility index (Phi) is 5.11. The molecule has 0 fully saturated rings. The lowest BCUT2D eigenvalue weighted by Gasteiger charge is -2.26. The molecule has 4 heterocycles. The number of benzene rings is 9. The maximum atomic E-state index is 9.06. The molecule has 9 aromatic carbocycles. The SMILES string of the molecule is [2H]c1c([2H])c([2H])c(N(c2cccc(C)c2)c2ccc3c4cccc5c6cc7c(cc6n(c3c2)c45)c2cccc3c4ccc(N(c5cccc(C)c5)c5c([2H])c([2H])c([2H])c([2H])c5[2H])cc4n7c32)c([2H])c1[2H]. The molecule has 0 saturated carbocycles. The number of aromatic nitrogens is 2. The van der Waals surface area contributed by atoms with E-state index in [2.05, 4.69) is 81.6 Å². The van der Waals surface area contributed by atoms with Gasteiger partial charge in [0.2, 0.25) is 0 Å². The predicted octanol–water partition coefficient (Wildman–Crippen LogP) is 15.5. The van der Waals surface area contributed by atoms with Gasteiger partial charge >= 0.3 is 0 Å². The smallest absolute Gasteiger partial charge is 0.0645 e. The fourth-order valence-electron chi connectivity index (χ4n) is 9.76. The highest BCUT2D eigenvalue weighted by molar-refractivity contribution is 6.29. The molecule has 0 N–H and O–H groups in total. The first kappa shape index (κ1) is 24.8. The molecule has 0 bridgehead atoms. The summed E-state index contributed by atoms with van der Waals surface area (Å²) in [4.78, 5) is 3.53. The quantitative estimate of drug-likeness (QED) is 0.167. The molecular formula is C56H38N4. The molecular weight excluding hydrogens is 729 g/mol. The summed E-state index contributed by atoms with van der Waals surface area (Å²) in [7, 11) is 0. The minimum Gasteiger partial charge on any atom is -0.310 e. The maximum Gasteiger partial charge on any atom is 0.0645 e. The molecule has 4 heteroatoms. The summed E-state index contributed by atoms with van der Waals surface area (Å²) < 4.78 is 92.0. The highest BCUT2D eigenvalue weighted by atomic mass is 15.1. The number of hydrogen-bond acceptors (Lipinski definition) is 2. The Morgan fingerprint density at radius 3 is 1.12 bits per heavy atom. The van der Waals surface area contributed by atoms with E-state index in [0.717, 1.165) is 87.3 Å². The highest BCUT2D eigenvalue weighted by Crippen LogP contribution is 2.47. The minimum absolute atomic E-state index is 0.0631. The van der Waals surface area contributed by atoms with Crippen molar-refractivity contribution < 1.29 is 13.7 Å². The van der Waals surface area contributed by atoms with Crippen LogP contribution in [0.4, 0.5) is 34.1 Å².